The van der Waals surface area contributed by atoms with Gasteiger partial charge in [-0.25, -0.2) is 4.79 Å². The zero-order valence-electron chi connectivity index (χ0n) is 16.0. The molecule has 2 aromatic carbocycles. The van der Waals surface area contributed by atoms with E-state index in [1.54, 1.807) is 11.8 Å². The van der Waals surface area contributed by atoms with Gasteiger partial charge in [0.25, 0.3) is 5.91 Å². The first-order chi connectivity index (χ1) is 14.5. The maximum Gasteiger partial charge on any atom is 0.352 e. The van der Waals surface area contributed by atoms with Crippen LogP contribution in [0.5, 0.6) is 0 Å². The monoisotopic (exact) mass is 440 g/mol. The molecule has 30 heavy (non-hydrogen) atoms. The fourth-order valence-electron chi connectivity index (χ4n) is 3.49. The van der Waals surface area contributed by atoms with Crippen molar-refractivity contribution in [1.29, 1.82) is 0 Å². The number of nitrogens with one attached hydrogen (secondary N) is 1. The van der Waals surface area contributed by atoms with Crippen LogP contribution in [0.1, 0.15) is 5.56 Å². The molecular formula is C22H20N2O4S2. The van der Waals surface area contributed by atoms with Gasteiger partial charge in [-0.05, 0) is 23.3 Å². The summed E-state index contributed by atoms with van der Waals surface area (Å²) in [5, 5.41) is 12.1. The molecule has 1 saturated heterocycles. The standard InChI is InChI=1S/C22H20N2O4S2/c25-17(11-14-7-3-1-4-8-14)23-18-20(26)24-19(22(27)28)15(13-30-21(18)24)12-29-16-9-5-2-6-10-16/h1-10,18,21H,11-13H2,(H,23,25)(H,27,28)/t18-,21?/m1/s1. The number of carbonyl (C=O) groups excluding carboxylic acids is 2. The van der Waals surface area contributed by atoms with Crippen LogP contribution in [-0.2, 0) is 20.8 Å². The van der Waals surface area contributed by atoms with Crippen molar-refractivity contribution in [1.82, 2.24) is 10.2 Å². The van der Waals surface area contributed by atoms with Gasteiger partial charge in [-0.15, -0.1) is 23.5 Å². The van der Waals surface area contributed by atoms with E-state index in [0.717, 1.165) is 16.0 Å². The largest absolute Gasteiger partial charge is 0.477 e. The van der Waals surface area contributed by atoms with Crippen molar-refractivity contribution < 1.29 is 19.5 Å². The van der Waals surface area contributed by atoms with Gasteiger partial charge in [0, 0.05) is 16.4 Å². The van der Waals surface area contributed by atoms with Gasteiger partial charge < -0.3 is 10.4 Å². The van der Waals surface area contributed by atoms with Crippen LogP contribution in [0.3, 0.4) is 0 Å². The maximum atomic E-state index is 12.7. The molecule has 6 nitrogen and oxygen atoms in total. The van der Waals surface area contributed by atoms with Crippen molar-refractivity contribution in [2.24, 2.45) is 0 Å². The maximum absolute atomic E-state index is 12.7. The lowest BCUT2D eigenvalue weighted by Gasteiger charge is -2.49. The Morgan fingerprint density at radius 3 is 2.43 bits per heavy atom. The summed E-state index contributed by atoms with van der Waals surface area (Å²) < 4.78 is 0. The molecular weight excluding hydrogens is 420 g/mol. The van der Waals surface area contributed by atoms with Gasteiger partial charge in [-0.3, -0.25) is 14.5 Å². The minimum atomic E-state index is -1.11. The number of β-lactam (4-membered cyclic amide) rings is 1. The summed E-state index contributed by atoms with van der Waals surface area (Å²) in [4.78, 5) is 39.4. The van der Waals surface area contributed by atoms with E-state index in [0.29, 0.717) is 11.5 Å². The topological polar surface area (TPSA) is 86.7 Å². The fraction of sp³-hybridized carbons (Fsp3) is 0.227. The molecule has 2 aliphatic rings. The van der Waals surface area contributed by atoms with Crippen LogP contribution < -0.4 is 5.32 Å². The van der Waals surface area contributed by atoms with Crippen LogP contribution in [-0.4, -0.2) is 50.7 Å². The molecule has 0 spiro atoms. The van der Waals surface area contributed by atoms with Crippen molar-refractivity contribution in [2.45, 2.75) is 22.7 Å². The van der Waals surface area contributed by atoms with E-state index in [-0.39, 0.29) is 29.3 Å². The van der Waals surface area contributed by atoms with E-state index in [2.05, 4.69) is 5.32 Å². The van der Waals surface area contributed by atoms with Crippen LogP contribution in [0.2, 0.25) is 0 Å². The van der Waals surface area contributed by atoms with Crippen molar-refractivity contribution in [2.75, 3.05) is 11.5 Å². The molecule has 1 fully saturated rings. The van der Waals surface area contributed by atoms with Gasteiger partial charge >= 0.3 is 5.97 Å². The molecule has 1 unspecified atom stereocenters. The molecule has 2 heterocycles. The number of aliphatic carboxylic acids is 1. The highest BCUT2D eigenvalue weighted by atomic mass is 32.2. The molecule has 2 aliphatic heterocycles. The number of rotatable bonds is 7. The molecule has 2 aromatic rings. The Morgan fingerprint density at radius 2 is 1.77 bits per heavy atom. The summed E-state index contributed by atoms with van der Waals surface area (Å²) in [6.45, 7) is 0. The number of hydrogen-bond acceptors (Lipinski definition) is 5. The molecule has 0 radical (unpaired) electrons. The average molecular weight is 441 g/mol. The lowest BCUT2D eigenvalue weighted by Crippen LogP contribution is -2.70. The number of carboxylic acids is 1. The molecule has 2 N–H and O–H groups in total. The third-order valence-corrected chi connectivity index (χ3v) is 7.37. The quantitative estimate of drug-likeness (QED) is 0.509. The van der Waals surface area contributed by atoms with Crippen LogP contribution in [0, 0.1) is 0 Å². The molecule has 2 amide bonds. The van der Waals surface area contributed by atoms with Crippen LogP contribution in [0.25, 0.3) is 0 Å². The Morgan fingerprint density at radius 1 is 1.10 bits per heavy atom. The van der Waals surface area contributed by atoms with Gasteiger partial charge in [0.15, 0.2) is 0 Å². The number of nitrogens with zero attached hydrogens (tertiary/aromatic N) is 1. The molecule has 154 valence electrons. The summed E-state index contributed by atoms with van der Waals surface area (Å²) in [6.07, 6.45) is 0.183. The summed E-state index contributed by atoms with van der Waals surface area (Å²) in [7, 11) is 0. The van der Waals surface area contributed by atoms with E-state index in [1.807, 2.05) is 60.7 Å². The minimum Gasteiger partial charge on any atom is -0.477 e. The summed E-state index contributed by atoms with van der Waals surface area (Å²) in [5.41, 5.74) is 1.64. The van der Waals surface area contributed by atoms with Gasteiger partial charge in [0.05, 0.1) is 6.42 Å². The van der Waals surface area contributed by atoms with Crippen molar-refractivity contribution in [3.63, 3.8) is 0 Å². The highest BCUT2D eigenvalue weighted by molar-refractivity contribution is 8.01. The van der Waals surface area contributed by atoms with Gasteiger partial charge in [0.2, 0.25) is 5.91 Å². The second-order valence-electron chi connectivity index (χ2n) is 6.98. The fourth-order valence-corrected chi connectivity index (χ4v) is 5.89. The molecule has 8 heteroatoms. The normalized spacial score (nSPS) is 20.4. The third-order valence-electron chi connectivity index (χ3n) is 4.93. The third kappa shape index (κ3) is 4.24. The lowest BCUT2D eigenvalue weighted by molar-refractivity contribution is -0.150. The van der Waals surface area contributed by atoms with Gasteiger partial charge in [-0.2, -0.15) is 0 Å². The highest BCUT2D eigenvalue weighted by Gasteiger charge is 2.54. The van der Waals surface area contributed by atoms with E-state index in [9.17, 15) is 19.5 Å². The van der Waals surface area contributed by atoms with Gasteiger partial charge in [-0.1, -0.05) is 48.5 Å². The number of carboxylic acid groups (broad SMARTS) is 1. The summed E-state index contributed by atoms with van der Waals surface area (Å²) in [5.74, 6) is -0.702. The molecule has 0 aliphatic carbocycles. The number of benzene rings is 2. The molecule has 4 rings (SSSR count). The Balaban J connectivity index is 1.43. The predicted molar refractivity (Wildman–Crippen MR) is 117 cm³/mol. The summed E-state index contributed by atoms with van der Waals surface area (Å²) in [6, 6.07) is 18.3. The lowest BCUT2D eigenvalue weighted by atomic mass is 10.0. The zero-order valence-corrected chi connectivity index (χ0v) is 17.6. The number of amides is 2. The second kappa shape index (κ2) is 8.97. The number of thioether (sulfide) groups is 2. The predicted octanol–water partition coefficient (Wildman–Crippen LogP) is 2.76. The number of hydrogen-bond donors (Lipinski definition) is 2. The number of fused-ring (bicyclic) bond motifs is 1. The van der Waals surface area contributed by atoms with Crippen LogP contribution in [0.15, 0.2) is 76.8 Å². The second-order valence-corrected chi connectivity index (χ2v) is 9.13. The smallest absolute Gasteiger partial charge is 0.352 e. The zero-order chi connectivity index (χ0) is 21.1. The summed E-state index contributed by atoms with van der Waals surface area (Å²) >= 11 is 3.04. The Bertz CT molecular complexity index is 995. The van der Waals surface area contributed by atoms with Gasteiger partial charge in [0.1, 0.15) is 17.1 Å². The first-order valence-corrected chi connectivity index (χ1v) is 11.5. The van der Waals surface area contributed by atoms with Crippen molar-refractivity contribution in [3.05, 3.63) is 77.5 Å². The molecule has 0 aromatic heterocycles. The van der Waals surface area contributed by atoms with E-state index in [1.165, 1.54) is 16.7 Å². The Labute approximate surface area is 182 Å². The van der Waals surface area contributed by atoms with Crippen molar-refractivity contribution >= 4 is 41.3 Å². The van der Waals surface area contributed by atoms with Crippen molar-refractivity contribution in [3.8, 4) is 0 Å². The van der Waals surface area contributed by atoms with Crippen LogP contribution >= 0.6 is 23.5 Å². The Kier molecular flexibility index (Phi) is 6.15. The van der Waals surface area contributed by atoms with E-state index < -0.39 is 12.0 Å². The number of carbonyl (C=O) groups is 3. The molecule has 0 bridgehead atoms. The van der Waals surface area contributed by atoms with Crippen LogP contribution in [0.4, 0.5) is 0 Å². The molecule has 0 saturated carbocycles. The molecule has 2 atom stereocenters. The van der Waals surface area contributed by atoms with E-state index in [4.69, 9.17) is 0 Å². The Hall–Kier alpha value is -2.71. The van der Waals surface area contributed by atoms with E-state index >= 15 is 0 Å². The first kappa shape index (κ1) is 20.6. The first-order valence-electron chi connectivity index (χ1n) is 9.45. The minimum absolute atomic E-state index is 0.0562. The SMILES string of the molecule is O=C(Cc1ccccc1)N[C@@H]1C(=O)N2C(C(=O)O)=C(CSc3ccccc3)CSC12. The average Bonchev–Trinajstić information content (AvgIpc) is 2.76. The highest BCUT2D eigenvalue weighted by Crippen LogP contribution is 2.41.